The molecule has 0 aliphatic heterocycles. The summed E-state index contributed by atoms with van der Waals surface area (Å²) in [5.41, 5.74) is 0.691. The minimum Gasteiger partial charge on any atom is -0.204 e. The van der Waals surface area contributed by atoms with Crippen molar-refractivity contribution in [3.63, 3.8) is 0 Å². The molecular weight excluding hydrogens is 182 g/mol. The summed E-state index contributed by atoms with van der Waals surface area (Å²) in [6, 6.07) is 3.86. The van der Waals surface area contributed by atoms with E-state index >= 15 is 0 Å². The second-order valence-electron chi connectivity index (χ2n) is 2.48. The van der Waals surface area contributed by atoms with Crippen LogP contribution in [0.1, 0.15) is 32.8 Å². The molecule has 0 saturated carbocycles. The maximum atomic E-state index is 12.6. The first-order valence-corrected chi connectivity index (χ1v) is 4.85. The third-order valence-electron chi connectivity index (χ3n) is 1.49. The zero-order chi connectivity index (χ0) is 11.0. The summed E-state index contributed by atoms with van der Waals surface area (Å²) in [5, 5.41) is 0. The number of benzene rings is 1. The number of rotatable bonds is 2. The van der Waals surface area contributed by atoms with Gasteiger partial charge in [0, 0.05) is 0 Å². The molecule has 0 heterocycles. The van der Waals surface area contributed by atoms with Gasteiger partial charge in [-0.2, -0.15) is 0 Å². The summed E-state index contributed by atoms with van der Waals surface area (Å²) in [7, 11) is 0. The standard InChI is InChI=1S/C10H10F2.C2H6/c1-2-3-4-8-5-6-9(11)10(12)7-8;1-2/h3-7H,2H2,1H3;1-2H3/b4-3-;. The lowest BCUT2D eigenvalue weighted by Crippen LogP contribution is -1.83. The highest BCUT2D eigenvalue weighted by atomic mass is 19.2. The summed E-state index contributed by atoms with van der Waals surface area (Å²) in [4.78, 5) is 0. The van der Waals surface area contributed by atoms with Crippen LogP contribution in [0.15, 0.2) is 24.3 Å². The number of halogens is 2. The molecule has 0 saturated heterocycles. The van der Waals surface area contributed by atoms with Gasteiger partial charge in [0.15, 0.2) is 11.6 Å². The second kappa shape index (κ2) is 7.25. The quantitative estimate of drug-likeness (QED) is 0.660. The minimum absolute atomic E-state index is 0.691. The van der Waals surface area contributed by atoms with Crippen LogP contribution in [-0.2, 0) is 0 Å². The van der Waals surface area contributed by atoms with Gasteiger partial charge in [0.2, 0.25) is 0 Å². The van der Waals surface area contributed by atoms with E-state index in [9.17, 15) is 8.78 Å². The van der Waals surface area contributed by atoms with Crippen molar-refractivity contribution in [2.75, 3.05) is 0 Å². The molecule has 0 radical (unpaired) electrons. The molecule has 1 aromatic rings. The van der Waals surface area contributed by atoms with E-state index in [0.29, 0.717) is 5.56 Å². The summed E-state index contributed by atoms with van der Waals surface area (Å²) in [6.07, 6.45) is 4.55. The average molecular weight is 198 g/mol. The molecule has 0 nitrogen and oxygen atoms in total. The largest absolute Gasteiger partial charge is 0.204 e. The van der Waals surface area contributed by atoms with Crippen LogP contribution < -0.4 is 0 Å². The Morgan fingerprint density at radius 1 is 1.14 bits per heavy atom. The Hall–Kier alpha value is -1.18. The van der Waals surface area contributed by atoms with Gasteiger partial charge in [0.25, 0.3) is 0 Å². The number of hydrogen-bond donors (Lipinski definition) is 0. The summed E-state index contributed by atoms with van der Waals surface area (Å²) in [6.45, 7) is 5.98. The van der Waals surface area contributed by atoms with Crippen LogP contribution in [0.25, 0.3) is 6.08 Å². The Kier molecular flexibility index (Phi) is 6.63. The summed E-state index contributed by atoms with van der Waals surface area (Å²) < 4.78 is 25.0. The van der Waals surface area contributed by atoms with E-state index in [1.54, 1.807) is 12.1 Å². The SMILES string of the molecule is CC.CC/C=C\c1ccc(F)c(F)c1. The van der Waals surface area contributed by atoms with Gasteiger partial charge in [0.05, 0.1) is 0 Å². The third kappa shape index (κ3) is 4.17. The molecule has 14 heavy (non-hydrogen) atoms. The summed E-state index contributed by atoms with van der Waals surface area (Å²) >= 11 is 0. The molecule has 0 aliphatic carbocycles. The molecule has 0 unspecified atom stereocenters. The molecule has 1 aromatic carbocycles. The smallest absolute Gasteiger partial charge is 0.159 e. The van der Waals surface area contributed by atoms with Crippen molar-refractivity contribution in [1.29, 1.82) is 0 Å². The molecular formula is C12H16F2. The monoisotopic (exact) mass is 198 g/mol. The fourth-order valence-corrected chi connectivity index (χ4v) is 0.870. The second-order valence-corrected chi connectivity index (χ2v) is 2.48. The van der Waals surface area contributed by atoms with Crippen LogP contribution in [0, 0.1) is 11.6 Å². The van der Waals surface area contributed by atoms with Crippen LogP contribution in [0.4, 0.5) is 8.78 Å². The van der Waals surface area contributed by atoms with E-state index in [4.69, 9.17) is 0 Å². The Morgan fingerprint density at radius 3 is 2.29 bits per heavy atom. The van der Waals surface area contributed by atoms with Crippen LogP contribution >= 0.6 is 0 Å². The average Bonchev–Trinajstić information content (AvgIpc) is 2.23. The fraction of sp³-hybridized carbons (Fsp3) is 0.333. The Labute approximate surface area is 84.3 Å². The van der Waals surface area contributed by atoms with Gasteiger partial charge in [-0.15, -0.1) is 0 Å². The van der Waals surface area contributed by atoms with Crippen molar-refractivity contribution in [1.82, 2.24) is 0 Å². The number of hydrogen-bond acceptors (Lipinski definition) is 0. The van der Waals surface area contributed by atoms with Crippen molar-refractivity contribution in [2.24, 2.45) is 0 Å². The van der Waals surface area contributed by atoms with Gasteiger partial charge in [-0.1, -0.05) is 39.0 Å². The van der Waals surface area contributed by atoms with Crippen LogP contribution in [0.5, 0.6) is 0 Å². The van der Waals surface area contributed by atoms with Crippen molar-refractivity contribution in [3.8, 4) is 0 Å². The van der Waals surface area contributed by atoms with Gasteiger partial charge in [-0.05, 0) is 24.1 Å². The van der Waals surface area contributed by atoms with E-state index in [0.717, 1.165) is 12.5 Å². The molecule has 78 valence electrons. The molecule has 0 aliphatic rings. The third-order valence-corrected chi connectivity index (χ3v) is 1.49. The highest BCUT2D eigenvalue weighted by molar-refractivity contribution is 5.48. The van der Waals surface area contributed by atoms with E-state index in [-0.39, 0.29) is 0 Å². The molecule has 1 rings (SSSR count). The summed E-state index contributed by atoms with van der Waals surface area (Å²) in [5.74, 6) is -1.60. The molecule has 0 fully saturated rings. The van der Waals surface area contributed by atoms with E-state index in [1.807, 2.05) is 26.8 Å². The van der Waals surface area contributed by atoms with Gasteiger partial charge in [-0.3, -0.25) is 0 Å². The fourth-order valence-electron chi connectivity index (χ4n) is 0.870. The molecule has 2 heteroatoms. The van der Waals surface area contributed by atoms with Crippen molar-refractivity contribution in [2.45, 2.75) is 27.2 Å². The normalized spacial score (nSPS) is 9.79. The predicted octanol–water partition coefficient (Wildman–Crippen LogP) is 4.41. The number of allylic oxidation sites excluding steroid dienone is 1. The Bertz CT molecular complexity index is 290. The van der Waals surface area contributed by atoms with Gasteiger partial charge >= 0.3 is 0 Å². The van der Waals surface area contributed by atoms with Crippen LogP contribution in [-0.4, -0.2) is 0 Å². The maximum Gasteiger partial charge on any atom is 0.159 e. The molecule has 0 spiro atoms. The zero-order valence-electron chi connectivity index (χ0n) is 8.85. The highest BCUT2D eigenvalue weighted by Gasteiger charge is 1.99. The van der Waals surface area contributed by atoms with Crippen molar-refractivity contribution < 1.29 is 8.78 Å². The van der Waals surface area contributed by atoms with E-state index in [1.165, 1.54) is 6.07 Å². The Morgan fingerprint density at radius 2 is 1.79 bits per heavy atom. The first kappa shape index (κ1) is 12.8. The zero-order valence-corrected chi connectivity index (χ0v) is 8.85. The minimum atomic E-state index is -0.802. The molecule has 0 atom stereocenters. The van der Waals surface area contributed by atoms with E-state index in [2.05, 4.69) is 0 Å². The lowest BCUT2D eigenvalue weighted by Gasteiger charge is -1.94. The lowest BCUT2D eigenvalue weighted by molar-refractivity contribution is 0.508. The highest BCUT2D eigenvalue weighted by Crippen LogP contribution is 2.09. The molecule has 0 amide bonds. The van der Waals surface area contributed by atoms with Gasteiger partial charge in [-0.25, -0.2) is 8.78 Å². The topological polar surface area (TPSA) is 0 Å². The lowest BCUT2D eigenvalue weighted by atomic mass is 10.2. The first-order chi connectivity index (χ1) is 6.74. The van der Waals surface area contributed by atoms with Gasteiger partial charge < -0.3 is 0 Å². The van der Waals surface area contributed by atoms with Crippen molar-refractivity contribution in [3.05, 3.63) is 41.5 Å². The maximum absolute atomic E-state index is 12.6. The Balaban J connectivity index is 0.000000791. The van der Waals surface area contributed by atoms with Crippen LogP contribution in [0.3, 0.4) is 0 Å². The van der Waals surface area contributed by atoms with Crippen LogP contribution in [0.2, 0.25) is 0 Å². The van der Waals surface area contributed by atoms with Gasteiger partial charge in [0.1, 0.15) is 0 Å². The van der Waals surface area contributed by atoms with E-state index < -0.39 is 11.6 Å². The first-order valence-electron chi connectivity index (χ1n) is 4.85. The molecule has 0 bridgehead atoms. The molecule has 0 N–H and O–H groups in total. The molecule has 0 aromatic heterocycles. The predicted molar refractivity (Wildman–Crippen MR) is 57.0 cm³/mol. The van der Waals surface area contributed by atoms with Crippen molar-refractivity contribution >= 4 is 6.08 Å².